The number of hydrogen-bond donors (Lipinski definition) is 2. The molecule has 2 aromatic carbocycles. The number of aromatic nitrogens is 3. The molecular formula is C28H21F5N4O5. The number of aromatic carboxylic acids is 1. The van der Waals surface area contributed by atoms with Crippen LogP contribution in [-0.4, -0.2) is 32.1 Å². The summed E-state index contributed by atoms with van der Waals surface area (Å²) in [5, 5.41) is 16.3. The first-order valence-corrected chi connectivity index (χ1v) is 12.7. The molecule has 0 amide bonds. The molecule has 2 N–H and O–H groups in total. The van der Waals surface area contributed by atoms with Gasteiger partial charge in [0.05, 0.1) is 35.4 Å². The number of fused-ring (bicyclic) bond motifs is 2. The van der Waals surface area contributed by atoms with E-state index in [9.17, 15) is 26.7 Å². The van der Waals surface area contributed by atoms with Crippen molar-refractivity contribution in [2.75, 3.05) is 5.32 Å². The van der Waals surface area contributed by atoms with Crippen LogP contribution < -0.4 is 19.5 Å². The number of halogens is 5. The van der Waals surface area contributed by atoms with Gasteiger partial charge in [-0.05, 0) is 61.2 Å². The normalized spacial score (nSPS) is 17.0. The SMILES string of the molecule is O=C(O)c1ccc(NC2CCCc3c(C(F)(F)F)nn(-c4cncc(OCc5ccc6c(c5)OC(F)(F)O6)c4)c32)cc1. The number of pyridine rings is 1. The number of nitrogens with one attached hydrogen (secondary N) is 1. The zero-order valence-corrected chi connectivity index (χ0v) is 21.5. The van der Waals surface area contributed by atoms with Crippen LogP contribution in [0.3, 0.4) is 0 Å². The smallest absolute Gasteiger partial charge is 0.487 e. The van der Waals surface area contributed by atoms with Crippen LogP contribution in [-0.2, 0) is 19.2 Å². The number of carbonyl (C=O) groups is 1. The van der Waals surface area contributed by atoms with Gasteiger partial charge in [0.2, 0.25) is 0 Å². The van der Waals surface area contributed by atoms with E-state index in [0.29, 0.717) is 29.8 Å². The van der Waals surface area contributed by atoms with E-state index in [-0.39, 0.29) is 47.1 Å². The van der Waals surface area contributed by atoms with Crippen molar-refractivity contribution in [3.05, 3.63) is 89.0 Å². The number of carboxylic acid groups (broad SMARTS) is 1. The standard InChI is InChI=1S/C28H21F5N4O5/c29-27(30,31)25-20-2-1-3-21(35-17-7-5-16(6-8-17)26(38)39)24(20)37(36-25)18-11-19(13-34-12-18)40-14-15-4-9-22-23(10-15)42-28(32,33)41-22/h4-13,21,35H,1-3,14H2,(H,38,39). The second kappa shape index (κ2) is 10.2. The number of ether oxygens (including phenoxy) is 3. The minimum Gasteiger partial charge on any atom is -0.487 e. The maximum absolute atomic E-state index is 14.1. The maximum atomic E-state index is 14.1. The van der Waals surface area contributed by atoms with Gasteiger partial charge in [-0.1, -0.05) is 6.07 Å². The second-order valence-corrected chi connectivity index (χ2v) is 9.71. The van der Waals surface area contributed by atoms with Gasteiger partial charge in [-0.3, -0.25) is 4.98 Å². The average molecular weight is 588 g/mol. The highest BCUT2D eigenvalue weighted by Gasteiger charge is 2.44. The molecule has 4 aromatic rings. The minimum atomic E-state index is -4.70. The van der Waals surface area contributed by atoms with E-state index >= 15 is 0 Å². The van der Waals surface area contributed by atoms with E-state index in [1.807, 2.05) is 0 Å². The molecule has 0 saturated carbocycles. The molecule has 0 spiro atoms. The van der Waals surface area contributed by atoms with E-state index in [0.717, 1.165) is 0 Å². The van der Waals surface area contributed by atoms with E-state index in [1.165, 1.54) is 53.5 Å². The molecular weight excluding hydrogens is 567 g/mol. The molecule has 3 heterocycles. The van der Waals surface area contributed by atoms with Crippen molar-refractivity contribution < 1.29 is 46.1 Å². The fourth-order valence-electron chi connectivity index (χ4n) is 5.01. The molecule has 1 atom stereocenters. The summed E-state index contributed by atoms with van der Waals surface area (Å²) in [5.41, 5.74) is 0.706. The van der Waals surface area contributed by atoms with Crippen molar-refractivity contribution in [3.8, 4) is 22.9 Å². The predicted molar refractivity (Wildman–Crippen MR) is 136 cm³/mol. The Morgan fingerprint density at radius 3 is 2.60 bits per heavy atom. The summed E-state index contributed by atoms with van der Waals surface area (Å²) in [6.07, 6.45) is -4.57. The third-order valence-corrected chi connectivity index (χ3v) is 6.83. The summed E-state index contributed by atoms with van der Waals surface area (Å²) in [6, 6.07) is 11.0. The van der Waals surface area contributed by atoms with Crippen molar-refractivity contribution in [2.45, 2.75) is 44.4 Å². The van der Waals surface area contributed by atoms with Crippen LogP contribution in [0.1, 0.15) is 51.8 Å². The lowest BCUT2D eigenvalue weighted by Crippen LogP contribution is -2.25. The summed E-state index contributed by atoms with van der Waals surface area (Å²) in [5.74, 6) is -1.15. The van der Waals surface area contributed by atoms with Crippen molar-refractivity contribution in [3.63, 3.8) is 0 Å². The number of anilines is 1. The Balaban J connectivity index is 1.29. The summed E-state index contributed by atoms with van der Waals surface area (Å²) in [7, 11) is 0. The van der Waals surface area contributed by atoms with Crippen LogP contribution >= 0.6 is 0 Å². The third-order valence-electron chi connectivity index (χ3n) is 6.83. The number of benzene rings is 2. The first-order chi connectivity index (χ1) is 20.0. The van der Waals surface area contributed by atoms with Gasteiger partial charge in [-0.25, -0.2) is 9.48 Å². The van der Waals surface area contributed by atoms with Crippen LogP contribution in [0.5, 0.6) is 17.2 Å². The molecule has 0 saturated heterocycles. The molecule has 2 aliphatic rings. The molecule has 218 valence electrons. The fourth-order valence-corrected chi connectivity index (χ4v) is 5.01. The average Bonchev–Trinajstić information content (AvgIpc) is 3.49. The largest absolute Gasteiger partial charge is 0.586 e. The van der Waals surface area contributed by atoms with Crippen molar-refractivity contribution >= 4 is 11.7 Å². The quantitative estimate of drug-likeness (QED) is 0.240. The van der Waals surface area contributed by atoms with Gasteiger partial charge in [0.25, 0.3) is 0 Å². The molecule has 1 aliphatic heterocycles. The molecule has 9 nitrogen and oxygen atoms in total. The van der Waals surface area contributed by atoms with E-state index in [1.54, 1.807) is 12.1 Å². The highest BCUT2D eigenvalue weighted by atomic mass is 19.4. The van der Waals surface area contributed by atoms with Crippen molar-refractivity contribution in [1.29, 1.82) is 0 Å². The Kier molecular flexibility index (Phi) is 6.62. The van der Waals surface area contributed by atoms with Gasteiger partial charge in [-0.15, -0.1) is 8.78 Å². The lowest BCUT2D eigenvalue weighted by molar-refractivity contribution is -0.286. The predicted octanol–water partition coefficient (Wildman–Crippen LogP) is 6.37. The maximum Gasteiger partial charge on any atom is 0.586 e. The monoisotopic (exact) mass is 588 g/mol. The zero-order valence-electron chi connectivity index (χ0n) is 21.5. The summed E-state index contributed by atoms with van der Waals surface area (Å²) in [4.78, 5) is 15.3. The number of nitrogens with zero attached hydrogens (tertiary/aromatic N) is 3. The van der Waals surface area contributed by atoms with Crippen molar-refractivity contribution in [2.24, 2.45) is 0 Å². The van der Waals surface area contributed by atoms with Crippen LogP contribution in [0.4, 0.5) is 27.6 Å². The minimum absolute atomic E-state index is 0.0666. The Morgan fingerprint density at radius 1 is 1.10 bits per heavy atom. The van der Waals surface area contributed by atoms with Gasteiger partial charge in [0, 0.05) is 17.3 Å². The molecule has 14 heteroatoms. The van der Waals surface area contributed by atoms with E-state index in [2.05, 4.69) is 24.9 Å². The number of rotatable bonds is 7. The molecule has 1 aliphatic carbocycles. The van der Waals surface area contributed by atoms with Gasteiger partial charge < -0.3 is 24.6 Å². The van der Waals surface area contributed by atoms with Crippen LogP contribution in [0.2, 0.25) is 0 Å². The van der Waals surface area contributed by atoms with E-state index < -0.39 is 30.2 Å². The third kappa shape index (κ3) is 5.39. The molecule has 6 rings (SSSR count). The highest BCUT2D eigenvalue weighted by molar-refractivity contribution is 5.88. The lowest BCUT2D eigenvalue weighted by Gasteiger charge is -2.26. The number of carboxylic acids is 1. The Hall–Kier alpha value is -4.88. The summed E-state index contributed by atoms with van der Waals surface area (Å²) >= 11 is 0. The van der Waals surface area contributed by atoms with Crippen molar-refractivity contribution in [1.82, 2.24) is 14.8 Å². The molecule has 0 bridgehead atoms. The summed E-state index contributed by atoms with van der Waals surface area (Å²) in [6.45, 7) is -0.0745. The van der Waals surface area contributed by atoms with Gasteiger partial charge in [0.1, 0.15) is 12.4 Å². The Bertz CT molecular complexity index is 1660. The first kappa shape index (κ1) is 27.3. The summed E-state index contributed by atoms with van der Waals surface area (Å²) < 4.78 is 84.6. The lowest BCUT2D eigenvalue weighted by atomic mass is 9.91. The highest BCUT2D eigenvalue weighted by Crippen LogP contribution is 2.43. The number of alkyl halides is 5. The Morgan fingerprint density at radius 2 is 1.86 bits per heavy atom. The number of hydrogen-bond acceptors (Lipinski definition) is 7. The first-order valence-electron chi connectivity index (χ1n) is 12.7. The fraction of sp³-hybridized carbons (Fsp3) is 0.250. The van der Waals surface area contributed by atoms with Gasteiger partial charge in [-0.2, -0.15) is 18.3 Å². The molecule has 1 unspecified atom stereocenters. The second-order valence-electron chi connectivity index (χ2n) is 9.71. The van der Waals surface area contributed by atoms with Crippen LogP contribution in [0.15, 0.2) is 60.9 Å². The Labute approximate surface area is 234 Å². The molecule has 0 fully saturated rings. The topological polar surface area (TPSA) is 108 Å². The van der Waals surface area contributed by atoms with Gasteiger partial charge >= 0.3 is 18.4 Å². The van der Waals surface area contributed by atoms with E-state index in [4.69, 9.17) is 9.84 Å². The molecule has 0 radical (unpaired) electrons. The molecule has 2 aromatic heterocycles. The van der Waals surface area contributed by atoms with Gasteiger partial charge in [0.15, 0.2) is 17.2 Å². The molecule has 42 heavy (non-hydrogen) atoms. The van der Waals surface area contributed by atoms with Crippen LogP contribution in [0.25, 0.3) is 5.69 Å². The van der Waals surface area contributed by atoms with Crippen LogP contribution in [0, 0.1) is 0 Å². The zero-order chi connectivity index (χ0) is 29.6.